The molecule has 30 heavy (non-hydrogen) atoms. The molecule has 1 saturated heterocycles. The summed E-state index contributed by atoms with van der Waals surface area (Å²) in [5, 5.41) is 29.2. The number of ether oxygens (including phenoxy) is 2. The van der Waals surface area contributed by atoms with Crippen LogP contribution in [-0.4, -0.2) is 40.8 Å². The number of nitriles is 1. The fraction of sp³-hybridized carbons (Fsp3) is 0.750. The summed E-state index contributed by atoms with van der Waals surface area (Å²) in [5.74, 6) is -1.82. The van der Waals surface area contributed by atoms with Crippen LogP contribution in [0.15, 0.2) is 24.3 Å². The number of carboxylic acid groups (broad SMARTS) is 1. The van der Waals surface area contributed by atoms with Gasteiger partial charge in [-0.1, -0.05) is 50.5 Å². The molecule has 2 aliphatic rings. The lowest BCUT2D eigenvalue weighted by atomic mass is 9.84. The molecule has 0 bridgehead atoms. The Morgan fingerprint density at radius 2 is 2.00 bits per heavy atom. The van der Waals surface area contributed by atoms with Gasteiger partial charge in [-0.15, -0.1) is 0 Å². The number of hydrogen-bond acceptors (Lipinski definition) is 5. The highest BCUT2D eigenvalue weighted by molar-refractivity contribution is 5.66. The molecular weight excluding hydrogens is 382 g/mol. The van der Waals surface area contributed by atoms with Gasteiger partial charge in [0, 0.05) is 24.7 Å². The fourth-order valence-electron chi connectivity index (χ4n) is 4.57. The van der Waals surface area contributed by atoms with Crippen molar-refractivity contribution in [1.29, 1.82) is 5.26 Å². The monoisotopic (exact) mass is 419 g/mol. The van der Waals surface area contributed by atoms with Gasteiger partial charge in [-0.25, -0.2) is 0 Å². The van der Waals surface area contributed by atoms with Crippen molar-refractivity contribution in [2.75, 3.05) is 13.2 Å². The Labute approximate surface area is 180 Å². The third kappa shape index (κ3) is 6.94. The van der Waals surface area contributed by atoms with Gasteiger partial charge < -0.3 is 19.7 Å². The predicted molar refractivity (Wildman–Crippen MR) is 114 cm³/mol. The lowest BCUT2D eigenvalue weighted by Crippen LogP contribution is -2.36. The molecule has 168 valence electrons. The Kier molecular flexibility index (Phi) is 9.54. The first-order valence-electron chi connectivity index (χ1n) is 11.3. The molecule has 1 heterocycles. The average molecular weight is 420 g/mol. The van der Waals surface area contributed by atoms with Crippen LogP contribution in [0.1, 0.15) is 71.6 Å². The van der Waals surface area contributed by atoms with E-state index in [0.29, 0.717) is 45.3 Å². The maximum atomic E-state index is 10.7. The smallest absolute Gasteiger partial charge is 0.303 e. The maximum absolute atomic E-state index is 10.7. The normalized spacial score (nSPS) is 27.7. The molecule has 2 rings (SSSR count). The first-order chi connectivity index (χ1) is 14.3. The number of hydrogen-bond donors (Lipinski definition) is 2. The summed E-state index contributed by atoms with van der Waals surface area (Å²) in [6.45, 7) is 5.02. The number of allylic oxidation sites excluding steroid dienone is 3. The van der Waals surface area contributed by atoms with E-state index in [0.717, 1.165) is 19.3 Å². The molecular formula is C24H37NO5. The number of unbranched alkanes of at least 4 members (excludes halogenated alkanes) is 3. The van der Waals surface area contributed by atoms with Crippen LogP contribution in [0, 0.1) is 29.1 Å². The third-order valence-electron chi connectivity index (χ3n) is 6.22. The minimum absolute atomic E-state index is 0.0111. The van der Waals surface area contributed by atoms with Crippen LogP contribution in [-0.2, 0) is 14.3 Å². The van der Waals surface area contributed by atoms with Crippen LogP contribution in [0.3, 0.4) is 0 Å². The molecule has 6 nitrogen and oxygen atoms in total. The summed E-state index contributed by atoms with van der Waals surface area (Å²) in [7, 11) is 0. The van der Waals surface area contributed by atoms with Gasteiger partial charge in [0.1, 0.15) is 0 Å². The summed E-state index contributed by atoms with van der Waals surface area (Å²) in [5.41, 5.74) is -0.889. The van der Waals surface area contributed by atoms with Crippen molar-refractivity contribution in [2.24, 2.45) is 17.8 Å². The summed E-state index contributed by atoms with van der Waals surface area (Å²) >= 11 is 0. The Bertz CT molecular complexity index is 642. The quantitative estimate of drug-likeness (QED) is 0.354. The van der Waals surface area contributed by atoms with Gasteiger partial charge in [0.25, 0.3) is 0 Å². The Balaban J connectivity index is 2.09. The van der Waals surface area contributed by atoms with E-state index in [9.17, 15) is 15.2 Å². The zero-order valence-corrected chi connectivity index (χ0v) is 18.4. The van der Waals surface area contributed by atoms with E-state index < -0.39 is 17.4 Å². The van der Waals surface area contributed by atoms with E-state index >= 15 is 0 Å². The van der Waals surface area contributed by atoms with Crippen molar-refractivity contribution in [1.82, 2.24) is 0 Å². The summed E-state index contributed by atoms with van der Waals surface area (Å²) in [6.07, 6.45) is 14.5. The average Bonchev–Trinajstić information content (AvgIpc) is 3.28. The molecule has 0 amide bonds. The minimum Gasteiger partial charge on any atom is -0.481 e. The second kappa shape index (κ2) is 11.6. The molecule has 2 fully saturated rings. The van der Waals surface area contributed by atoms with Crippen LogP contribution in [0.2, 0.25) is 0 Å². The van der Waals surface area contributed by atoms with E-state index in [-0.39, 0.29) is 24.2 Å². The molecule has 1 aliphatic carbocycles. The van der Waals surface area contributed by atoms with Crippen molar-refractivity contribution in [3.63, 3.8) is 0 Å². The van der Waals surface area contributed by atoms with Crippen LogP contribution in [0.4, 0.5) is 0 Å². The second-order valence-corrected chi connectivity index (χ2v) is 8.80. The molecule has 1 spiro atoms. The molecule has 0 aromatic rings. The molecule has 6 heteroatoms. The molecule has 4 atom stereocenters. The van der Waals surface area contributed by atoms with E-state index in [1.54, 1.807) is 0 Å². The Hall–Kier alpha value is -1.68. The van der Waals surface area contributed by atoms with E-state index in [2.05, 4.69) is 19.1 Å². The first kappa shape index (κ1) is 24.6. The van der Waals surface area contributed by atoms with Gasteiger partial charge >= 0.3 is 5.97 Å². The summed E-state index contributed by atoms with van der Waals surface area (Å²) in [4.78, 5) is 10.6. The van der Waals surface area contributed by atoms with E-state index in [1.807, 2.05) is 25.2 Å². The third-order valence-corrected chi connectivity index (χ3v) is 6.22. The largest absolute Gasteiger partial charge is 0.481 e. The lowest BCUT2D eigenvalue weighted by molar-refractivity contribution is -0.184. The van der Waals surface area contributed by atoms with Gasteiger partial charge in [-0.2, -0.15) is 5.26 Å². The maximum Gasteiger partial charge on any atom is 0.303 e. The van der Waals surface area contributed by atoms with Crippen molar-refractivity contribution >= 4 is 5.97 Å². The predicted octanol–water partition coefficient (Wildman–Crippen LogP) is 4.59. The van der Waals surface area contributed by atoms with Crippen molar-refractivity contribution < 1.29 is 24.5 Å². The van der Waals surface area contributed by atoms with Crippen LogP contribution >= 0.6 is 0 Å². The lowest BCUT2D eigenvalue weighted by Gasteiger charge is -2.31. The highest BCUT2D eigenvalue weighted by Crippen LogP contribution is 2.51. The zero-order chi connectivity index (χ0) is 22.0. The van der Waals surface area contributed by atoms with E-state index in [4.69, 9.17) is 14.6 Å². The molecule has 0 aromatic carbocycles. The second-order valence-electron chi connectivity index (χ2n) is 8.80. The number of nitrogens with zero attached hydrogens (tertiary/aromatic N) is 1. The number of aliphatic carboxylic acids is 1. The van der Waals surface area contributed by atoms with Crippen LogP contribution in [0.5, 0.6) is 0 Å². The van der Waals surface area contributed by atoms with Gasteiger partial charge in [0.05, 0.1) is 30.8 Å². The standard InChI is InChI=1S/C24H37NO5/c1-3-4-9-13-23(2,28)14-12-20-19(18-25)17-24(29-15-16-30-24)21(20)10-7-5-6-8-11-22(26)27/h5,7,12,14,19-21,28H,3-4,6,8-11,13,15-17H2,1-2H3,(H,26,27)/t19-,20?,21?,23?/m1/s1. The van der Waals surface area contributed by atoms with Crippen LogP contribution < -0.4 is 0 Å². The first-order valence-corrected chi connectivity index (χ1v) is 11.3. The zero-order valence-electron chi connectivity index (χ0n) is 18.4. The Morgan fingerprint density at radius 1 is 1.27 bits per heavy atom. The molecule has 1 saturated carbocycles. The highest BCUT2D eigenvalue weighted by atomic mass is 16.7. The van der Waals surface area contributed by atoms with Crippen molar-refractivity contribution in [3.8, 4) is 6.07 Å². The number of rotatable bonds is 12. The molecule has 0 aromatic heterocycles. The SMILES string of the molecule is CCCCCC(C)(O)C=CC1C(CC=CCCCC(=O)O)C2(C[C@@H]1C#N)OCCO2. The van der Waals surface area contributed by atoms with Gasteiger partial charge in [-0.3, -0.25) is 4.79 Å². The number of carboxylic acids is 1. The molecule has 0 radical (unpaired) electrons. The van der Waals surface area contributed by atoms with E-state index in [1.165, 1.54) is 0 Å². The van der Waals surface area contributed by atoms with Gasteiger partial charge in [-0.05, 0) is 32.6 Å². The number of aliphatic hydroxyl groups is 1. The molecule has 3 unspecified atom stereocenters. The van der Waals surface area contributed by atoms with Gasteiger partial charge in [0.2, 0.25) is 0 Å². The molecule has 1 aliphatic heterocycles. The van der Waals surface area contributed by atoms with Crippen molar-refractivity contribution in [2.45, 2.75) is 83.0 Å². The summed E-state index contributed by atoms with van der Waals surface area (Å²) in [6, 6.07) is 2.42. The fourth-order valence-corrected chi connectivity index (χ4v) is 4.57. The minimum atomic E-state index is -0.889. The molecule has 2 N–H and O–H groups in total. The Morgan fingerprint density at radius 3 is 2.63 bits per heavy atom. The van der Waals surface area contributed by atoms with Crippen molar-refractivity contribution in [3.05, 3.63) is 24.3 Å². The van der Waals surface area contributed by atoms with Gasteiger partial charge in [0.15, 0.2) is 5.79 Å². The topological polar surface area (TPSA) is 99.8 Å². The van der Waals surface area contributed by atoms with Crippen LogP contribution in [0.25, 0.3) is 0 Å². The highest BCUT2D eigenvalue weighted by Gasteiger charge is 2.56. The summed E-state index contributed by atoms with van der Waals surface area (Å²) < 4.78 is 12.0. The number of carbonyl (C=O) groups is 1.